The first-order valence-corrected chi connectivity index (χ1v) is 5.35. The highest BCUT2D eigenvalue weighted by molar-refractivity contribution is 5.85. The van der Waals surface area contributed by atoms with Crippen molar-refractivity contribution >= 4 is 18.8 Å². The molecule has 1 fully saturated rings. The second-order valence-electron chi connectivity index (χ2n) is 4.08. The van der Waals surface area contributed by atoms with Crippen molar-refractivity contribution in [3.05, 3.63) is 35.4 Å². The van der Waals surface area contributed by atoms with Crippen molar-refractivity contribution in [2.24, 2.45) is 0 Å². The predicted molar refractivity (Wildman–Crippen MR) is 63.2 cm³/mol. The van der Waals surface area contributed by atoms with Crippen LogP contribution in [0.2, 0.25) is 0 Å². The minimum Gasteiger partial charge on any atom is -0.345 e. The van der Waals surface area contributed by atoms with Crippen LogP contribution >= 0.6 is 12.4 Å². The van der Waals surface area contributed by atoms with Gasteiger partial charge in [-0.25, -0.2) is 8.78 Å². The van der Waals surface area contributed by atoms with Gasteiger partial charge in [0.1, 0.15) is 11.6 Å². The predicted octanol–water partition coefficient (Wildman–Crippen LogP) is 2.72. The number of piperidine rings is 1. The van der Waals surface area contributed by atoms with Crippen molar-refractivity contribution in [2.75, 3.05) is 13.1 Å². The lowest BCUT2D eigenvalue weighted by molar-refractivity contribution is -0.119. The molecule has 0 aliphatic carbocycles. The van der Waals surface area contributed by atoms with E-state index >= 15 is 0 Å². The molecule has 0 spiro atoms. The fourth-order valence-corrected chi connectivity index (χ4v) is 2.15. The van der Waals surface area contributed by atoms with Crippen LogP contribution in [-0.2, 0) is 4.79 Å². The Kier molecular flexibility index (Phi) is 4.87. The van der Waals surface area contributed by atoms with Gasteiger partial charge < -0.3 is 4.90 Å². The molecule has 1 heterocycles. The van der Waals surface area contributed by atoms with Gasteiger partial charge in [0.25, 0.3) is 0 Å². The summed E-state index contributed by atoms with van der Waals surface area (Å²) in [6, 6.07) is 3.71. The highest BCUT2D eigenvalue weighted by Crippen LogP contribution is 2.29. The van der Waals surface area contributed by atoms with E-state index in [4.69, 9.17) is 0 Å². The molecule has 5 heteroatoms. The number of carbonyl (C=O) groups is 1. The zero-order valence-corrected chi connectivity index (χ0v) is 10.1. The third-order valence-corrected chi connectivity index (χ3v) is 3.08. The molecule has 0 N–H and O–H groups in total. The first-order valence-electron chi connectivity index (χ1n) is 5.35. The van der Waals surface area contributed by atoms with Gasteiger partial charge in [-0.3, -0.25) is 4.79 Å². The monoisotopic (exact) mass is 261 g/mol. The number of carbonyl (C=O) groups excluding carboxylic acids is 1. The fraction of sp³-hybridized carbons (Fsp3) is 0.417. The van der Waals surface area contributed by atoms with E-state index in [9.17, 15) is 13.6 Å². The molecule has 0 saturated carbocycles. The molecule has 1 aromatic carbocycles. The van der Waals surface area contributed by atoms with Gasteiger partial charge in [0.05, 0.1) is 0 Å². The van der Waals surface area contributed by atoms with Crippen molar-refractivity contribution in [3.8, 4) is 0 Å². The minimum absolute atomic E-state index is 0. The molecule has 2 nitrogen and oxygen atoms in total. The Morgan fingerprint density at radius 2 is 1.88 bits per heavy atom. The van der Waals surface area contributed by atoms with E-state index in [-0.39, 0.29) is 18.3 Å². The van der Waals surface area contributed by atoms with E-state index < -0.39 is 11.6 Å². The number of benzene rings is 1. The lowest BCUT2D eigenvalue weighted by Crippen LogP contribution is -2.31. The second kappa shape index (κ2) is 5.96. The van der Waals surface area contributed by atoms with Crippen LogP contribution in [0.15, 0.2) is 18.2 Å². The van der Waals surface area contributed by atoms with Crippen LogP contribution in [0.5, 0.6) is 0 Å². The van der Waals surface area contributed by atoms with Crippen LogP contribution in [0.25, 0.3) is 0 Å². The third kappa shape index (κ3) is 3.16. The Balaban J connectivity index is 0.00000144. The highest BCUT2D eigenvalue weighted by Gasteiger charge is 2.22. The summed E-state index contributed by atoms with van der Waals surface area (Å²) >= 11 is 0. The summed E-state index contributed by atoms with van der Waals surface area (Å²) < 4.78 is 26.2. The van der Waals surface area contributed by atoms with Crippen LogP contribution < -0.4 is 0 Å². The van der Waals surface area contributed by atoms with Gasteiger partial charge in [0.2, 0.25) is 6.41 Å². The summed E-state index contributed by atoms with van der Waals surface area (Å²) in [4.78, 5) is 12.2. The fourth-order valence-electron chi connectivity index (χ4n) is 2.15. The first kappa shape index (κ1) is 13.9. The molecule has 94 valence electrons. The molecule has 0 aromatic heterocycles. The van der Waals surface area contributed by atoms with Crippen LogP contribution in [0.3, 0.4) is 0 Å². The maximum atomic E-state index is 13.5. The van der Waals surface area contributed by atoms with Gasteiger partial charge in [0.15, 0.2) is 0 Å². The highest BCUT2D eigenvalue weighted by atomic mass is 35.5. The van der Waals surface area contributed by atoms with E-state index in [0.29, 0.717) is 18.7 Å². The van der Waals surface area contributed by atoms with Crippen LogP contribution in [0.1, 0.15) is 24.3 Å². The minimum atomic E-state index is -0.549. The number of hydrogen-bond donors (Lipinski definition) is 0. The summed E-state index contributed by atoms with van der Waals surface area (Å²) in [5.41, 5.74) is 0.562. The van der Waals surface area contributed by atoms with Crippen molar-refractivity contribution in [3.63, 3.8) is 0 Å². The summed E-state index contributed by atoms with van der Waals surface area (Å²) in [5, 5.41) is 0. The topological polar surface area (TPSA) is 20.3 Å². The zero-order valence-electron chi connectivity index (χ0n) is 9.23. The molecule has 1 amide bonds. The van der Waals surface area contributed by atoms with Crippen molar-refractivity contribution in [2.45, 2.75) is 18.8 Å². The Morgan fingerprint density at radius 3 is 2.41 bits per heavy atom. The van der Waals surface area contributed by atoms with Crippen molar-refractivity contribution in [1.82, 2.24) is 4.90 Å². The van der Waals surface area contributed by atoms with Gasteiger partial charge in [-0.1, -0.05) is 6.07 Å². The number of rotatable bonds is 2. The average Bonchev–Trinajstić information content (AvgIpc) is 2.29. The van der Waals surface area contributed by atoms with Gasteiger partial charge in [-0.15, -0.1) is 12.4 Å². The Bertz CT molecular complexity index is 392. The molecule has 1 saturated heterocycles. The maximum absolute atomic E-state index is 13.5. The van der Waals surface area contributed by atoms with E-state index in [1.54, 1.807) is 4.90 Å². The normalized spacial score (nSPS) is 16.5. The Morgan fingerprint density at radius 1 is 1.24 bits per heavy atom. The lowest BCUT2D eigenvalue weighted by atomic mass is 9.89. The standard InChI is InChI=1S/C12H13F2NO.ClH/c13-10-1-2-11(12(14)7-10)9-3-5-15(8-16)6-4-9;/h1-2,7-9H,3-6H2;1H. The summed E-state index contributed by atoms with van der Waals surface area (Å²) in [5.74, 6) is -0.937. The number of halogens is 3. The summed E-state index contributed by atoms with van der Waals surface area (Å²) in [6.07, 6.45) is 2.29. The van der Waals surface area contributed by atoms with E-state index in [1.165, 1.54) is 12.1 Å². The molecule has 1 aromatic rings. The maximum Gasteiger partial charge on any atom is 0.209 e. The lowest BCUT2D eigenvalue weighted by Gasteiger charge is -2.29. The molecule has 0 radical (unpaired) electrons. The van der Waals surface area contributed by atoms with Crippen molar-refractivity contribution < 1.29 is 13.6 Å². The summed E-state index contributed by atoms with van der Waals surface area (Å²) in [7, 11) is 0. The summed E-state index contributed by atoms with van der Waals surface area (Å²) in [6.45, 7) is 1.29. The Labute approximate surface area is 105 Å². The van der Waals surface area contributed by atoms with Crippen LogP contribution in [0.4, 0.5) is 8.78 Å². The third-order valence-electron chi connectivity index (χ3n) is 3.08. The zero-order chi connectivity index (χ0) is 11.5. The molecule has 1 aliphatic heterocycles. The molecule has 1 aliphatic rings. The van der Waals surface area contributed by atoms with Crippen LogP contribution in [0, 0.1) is 11.6 Å². The number of hydrogen-bond acceptors (Lipinski definition) is 1. The van der Waals surface area contributed by atoms with E-state index in [0.717, 1.165) is 25.3 Å². The Hall–Kier alpha value is -1.16. The number of likely N-dealkylation sites (tertiary alicyclic amines) is 1. The van der Waals surface area contributed by atoms with E-state index in [2.05, 4.69) is 0 Å². The average molecular weight is 262 g/mol. The molecule has 0 atom stereocenters. The molecule has 0 unspecified atom stereocenters. The number of nitrogens with zero attached hydrogens (tertiary/aromatic N) is 1. The molecule has 0 bridgehead atoms. The quantitative estimate of drug-likeness (QED) is 0.750. The smallest absolute Gasteiger partial charge is 0.209 e. The second-order valence-corrected chi connectivity index (χ2v) is 4.08. The number of amides is 1. The molecule has 17 heavy (non-hydrogen) atoms. The largest absolute Gasteiger partial charge is 0.345 e. The van der Waals surface area contributed by atoms with Gasteiger partial charge in [-0.05, 0) is 30.4 Å². The van der Waals surface area contributed by atoms with Crippen LogP contribution in [-0.4, -0.2) is 24.4 Å². The first-order chi connectivity index (χ1) is 7.70. The SMILES string of the molecule is Cl.O=CN1CCC(c2ccc(F)cc2F)CC1. The molecular weight excluding hydrogens is 248 g/mol. The van der Waals surface area contributed by atoms with E-state index in [1.807, 2.05) is 0 Å². The molecule has 2 rings (SSSR count). The van der Waals surface area contributed by atoms with Gasteiger partial charge in [0, 0.05) is 19.2 Å². The van der Waals surface area contributed by atoms with Crippen molar-refractivity contribution in [1.29, 1.82) is 0 Å². The van der Waals surface area contributed by atoms with Gasteiger partial charge >= 0.3 is 0 Å². The molecular formula is C12H14ClF2NO. The van der Waals surface area contributed by atoms with Gasteiger partial charge in [-0.2, -0.15) is 0 Å².